The molecule has 0 radical (unpaired) electrons. The van der Waals surface area contributed by atoms with Crippen LogP contribution in [0.25, 0.3) is 0 Å². The van der Waals surface area contributed by atoms with Gasteiger partial charge in [0.05, 0.1) is 6.10 Å². The molecule has 1 aliphatic heterocycles. The maximum Gasteiger partial charge on any atom is 0.329 e. The summed E-state index contributed by atoms with van der Waals surface area (Å²) in [6.45, 7) is 4.29. The third kappa shape index (κ3) is 4.74. The van der Waals surface area contributed by atoms with Crippen LogP contribution in [0.1, 0.15) is 58.3 Å². The summed E-state index contributed by atoms with van der Waals surface area (Å²) < 4.78 is 5.40. The topological polar surface area (TPSA) is 49.8 Å². The van der Waals surface area contributed by atoms with E-state index in [-0.39, 0.29) is 12.7 Å². The summed E-state index contributed by atoms with van der Waals surface area (Å²) in [4.78, 5) is 13.1. The molecule has 1 saturated heterocycles. The van der Waals surface area contributed by atoms with Crippen LogP contribution >= 0.6 is 0 Å². The van der Waals surface area contributed by atoms with Crippen molar-refractivity contribution in [2.45, 2.75) is 70.4 Å². The first kappa shape index (κ1) is 15.8. The lowest BCUT2D eigenvalue weighted by atomic mass is 9.82. The summed E-state index contributed by atoms with van der Waals surface area (Å²) in [5, 5.41) is 8.63. The molecule has 4 heteroatoms. The van der Waals surface area contributed by atoms with Crippen LogP contribution in [0, 0.1) is 5.92 Å². The average molecular weight is 283 g/mol. The lowest BCUT2D eigenvalue weighted by molar-refractivity contribution is -0.145. The molecule has 2 fully saturated rings. The van der Waals surface area contributed by atoms with Gasteiger partial charge in [-0.25, -0.2) is 4.79 Å². The summed E-state index contributed by atoms with van der Waals surface area (Å²) in [6, 6.07) is 0.767. The number of hydrogen-bond donors (Lipinski definition) is 1. The molecule has 1 heterocycles. The van der Waals surface area contributed by atoms with E-state index in [2.05, 4.69) is 11.8 Å². The van der Waals surface area contributed by atoms with Gasteiger partial charge in [-0.3, -0.25) is 0 Å². The number of ether oxygens (including phenoxy) is 1. The molecule has 0 aromatic carbocycles. The zero-order valence-electron chi connectivity index (χ0n) is 12.7. The van der Waals surface area contributed by atoms with E-state index in [1.807, 2.05) is 0 Å². The molecular formula is C16H29NO3. The number of aliphatic carboxylic acids is 1. The second-order valence-corrected chi connectivity index (χ2v) is 6.40. The molecule has 116 valence electrons. The Morgan fingerprint density at radius 3 is 2.35 bits per heavy atom. The molecule has 0 unspecified atom stereocenters. The summed E-state index contributed by atoms with van der Waals surface area (Å²) in [7, 11) is 0. The number of hydrogen-bond acceptors (Lipinski definition) is 3. The second-order valence-electron chi connectivity index (χ2n) is 6.40. The third-order valence-electron chi connectivity index (χ3n) is 4.95. The Labute approximate surface area is 122 Å². The van der Waals surface area contributed by atoms with Crippen LogP contribution in [-0.4, -0.2) is 47.8 Å². The molecular weight excluding hydrogens is 254 g/mol. The van der Waals surface area contributed by atoms with E-state index in [1.54, 1.807) is 0 Å². The first-order valence-corrected chi connectivity index (χ1v) is 8.26. The van der Waals surface area contributed by atoms with Gasteiger partial charge >= 0.3 is 5.97 Å². The highest BCUT2D eigenvalue weighted by molar-refractivity contribution is 5.68. The number of nitrogens with zero attached hydrogens (tertiary/aromatic N) is 1. The zero-order valence-corrected chi connectivity index (χ0v) is 12.7. The molecule has 1 saturated carbocycles. The highest BCUT2D eigenvalue weighted by Crippen LogP contribution is 2.31. The molecule has 0 amide bonds. The number of likely N-dealkylation sites (tertiary alicyclic amines) is 1. The number of carboxylic acids is 1. The molecule has 2 rings (SSSR count). The van der Waals surface area contributed by atoms with E-state index >= 15 is 0 Å². The van der Waals surface area contributed by atoms with Gasteiger partial charge in [0.2, 0.25) is 0 Å². The van der Waals surface area contributed by atoms with Crippen LogP contribution in [0.3, 0.4) is 0 Å². The largest absolute Gasteiger partial charge is 0.480 e. The van der Waals surface area contributed by atoms with Gasteiger partial charge in [0.25, 0.3) is 0 Å². The van der Waals surface area contributed by atoms with Gasteiger partial charge in [-0.2, -0.15) is 0 Å². The summed E-state index contributed by atoms with van der Waals surface area (Å²) in [6.07, 6.45) is 10.3. The Morgan fingerprint density at radius 1 is 1.15 bits per heavy atom. The lowest BCUT2D eigenvalue weighted by Crippen LogP contribution is -2.45. The quantitative estimate of drug-likeness (QED) is 0.814. The van der Waals surface area contributed by atoms with E-state index in [0.29, 0.717) is 0 Å². The molecule has 1 N–H and O–H groups in total. The van der Waals surface area contributed by atoms with Crippen LogP contribution in [0.15, 0.2) is 0 Å². The number of carbonyl (C=O) groups is 1. The molecule has 0 aromatic heterocycles. The van der Waals surface area contributed by atoms with Crippen molar-refractivity contribution in [3.05, 3.63) is 0 Å². The second kappa shape index (κ2) is 7.99. The van der Waals surface area contributed by atoms with Gasteiger partial charge < -0.3 is 14.7 Å². The smallest absolute Gasteiger partial charge is 0.329 e. The summed E-state index contributed by atoms with van der Waals surface area (Å²) in [5.41, 5.74) is 0. The van der Waals surface area contributed by atoms with Crippen molar-refractivity contribution in [3.63, 3.8) is 0 Å². The van der Waals surface area contributed by atoms with Gasteiger partial charge in [-0.1, -0.05) is 19.8 Å². The lowest BCUT2D eigenvalue weighted by Gasteiger charge is -2.40. The van der Waals surface area contributed by atoms with Crippen molar-refractivity contribution in [2.24, 2.45) is 5.92 Å². The Balaban J connectivity index is 1.65. The Morgan fingerprint density at radius 2 is 1.80 bits per heavy atom. The molecule has 0 bridgehead atoms. The van der Waals surface area contributed by atoms with E-state index < -0.39 is 5.97 Å². The van der Waals surface area contributed by atoms with Crippen LogP contribution < -0.4 is 0 Å². The van der Waals surface area contributed by atoms with E-state index in [1.165, 1.54) is 38.5 Å². The highest BCUT2D eigenvalue weighted by atomic mass is 16.5. The van der Waals surface area contributed by atoms with Crippen molar-refractivity contribution >= 4 is 5.97 Å². The summed E-state index contributed by atoms with van der Waals surface area (Å²) in [5.74, 6) is 0.106. The predicted octanol–water partition coefficient (Wildman–Crippen LogP) is 2.91. The fourth-order valence-electron chi connectivity index (χ4n) is 3.80. The monoisotopic (exact) mass is 283 g/mol. The minimum Gasteiger partial charge on any atom is -0.480 e. The number of carboxylic acid groups (broad SMARTS) is 1. The van der Waals surface area contributed by atoms with Crippen LogP contribution in [-0.2, 0) is 9.53 Å². The fourth-order valence-corrected chi connectivity index (χ4v) is 3.80. The molecule has 0 aromatic rings. The van der Waals surface area contributed by atoms with Gasteiger partial charge in [-0.05, 0) is 44.4 Å². The SMILES string of the molecule is CCCC1CCC(N2CCC(OCC(=O)O)CC2)CC1. The fraction of sp³-hybridized carbons (Fsp3) is 0.938. The van der Waals surface area contributed by atoms with Gasteiger partial charge in [0, 0.05) is 19.1 Å². The Kier molecular flexibility index (Phi) is 6.30. The van der Waals surface area contributed by atoms with E-state index in [4.69, 9.17) is 9.84 Å². The van der Waals surface area contributed by atoms with Crippen molar-refractivity contribution in [2.75, 3.05) is 19.7 Å². The molecule has 0 atom stereocenters. The van der Waals surface area contributed by atoms with Gasteiger partial charge in [-0.15, -0.1) is 0 Å². The molecule has 0 spiro atoms. The summed E-state index contributed by atoms with van der Waals surface area (Å²) >= 11 is 0. The standard InChI is InChI=1S/C16H29NO3/c1-2-3-13-4-6-14(7-5-13)17-10-8-15(9-11-17)20-12-16(18)19/h13-15H,2-12H2,1H3,(H,18,19). The normalized spacial score (nSPS) is 29.4. The van der Waals surface area contributed by atoms with Crippen LogP contribution in [0.4, 0.5) is 0 Å². The predicted molar refractivity (Wildman–Crippen MR) is 78.8 cm³/mol. The van der Waals surface area contributed by atoms with Crippen molar-refractivity contribution < 1.29 is 14.6 Å². The highest BCUT2D eigenvalue weighted by Gasteiger charge is 2.29. The first-order chi connectivity index (χ1) is 9.69. The molecule has 2 aliphatic rings. The number of rotatable bonds is 6. The third-order valence-corrected chi connectivity index (χ3v) is 4.95. The minimum atomic E-state index is -0.860. The van der Waals surface area contributed by atoms with Crippen molar-refractivity contribution in [1.82, 2.24) is 4.90 Å². The molecule has 4 nitrogen and oxygen atoms in total. The van der Waals surface area contributed by atoms with Crippen molar-refractivity contribution in [3.8, 4) is 0 Å². The minimum absolute atomic E-state index is 0.146. The van der Waals surface area contributed by atoms with Gasteiger partial charge in [0.15, 0.2) is 0 Å². The molecule has 1 aliphatic carbocycles. The zero-order chi connectivity index (χ0) is 14.4. The maximum absolute atomic E-state index is 10.5. The Hall–Kier alpha value is -0.610. The van der Waals surface area contributed by atoms with Crippen LogP contribution in [0.2, 0.25) is 0 Å². The van der Waals surface area contributed by atoms with Crippen molar-refractivity contribution in [1.29, 1.82) is 0 Å². The maximum atomic E-state index is 10.5. The van der Waals surface area contributed by atoms with Crippen LogP contribution in [0.5, 0.6) is 0 Å². The van der Waals surface area contributed by atoms with E-state index in [0.717, 1.165) is 37.9 Å². The first-order valence-electron chi connectivity index (χ1n) is 8.26. The van der Waals surface area contributed by atoms with Gasteiger partial charge in [0.1, 0.15) is 6.61 Å². The molecule has 20 heavy (non-hydrogen) atoms. The number of piperidine rings is 1. The average Bonchev–Trinajstić information content (AvgIpc) is 2.47. The van der Waals surface area contributed by atoms with E-state index in [9.17, 15) is 4.79 Å². The Bertz CT molecular complexity index is 292.